The number of aliphatic hydroxyl groups excluding tert-OH is 1. The molecule has 0 saturated carbocycles. The molecule has 1 rings (SSSR count). The molecule has 0 fully saturated rings. The molecule has 0 aliphatic heterocycles. The molecule has 0 spiro atoms. The minimum atomic E-state index is 0.290. The van der Waals surface area contributed by atoms with E-state index in [-0.39, 0.29) is 0 Å². The summed E-state index contributed by atoms with van der Waals surface area (Å²) in [6.45, 7) is 3.43. The highest BCUT2D eigenvalue weighted by atomic mass is 32.2. The summed E-state index contributed by atoms with van der Waals surface area (Å²) in [4.78, 5) is 1.30. The van der Waals surface area contributed by atoms with Crippen LogP contribution in [0.2, 0.25) is 0 Å². The Morgan fingerprint density at radius 2 is 1.94 bits per heavy atom. The second-order valence-corrected chi connectivity index (χ2v) is 4.76. The molecule has 0 bridgehead atoms. The number of unbranched alkanes of at least 4 members (excludes halogenated alkanes) is 1. The summed E-state index contributed by atoms with van der Waals surface area (Å²) in [7, 11) is 0. The lowest BCUT2D eigenvalue weighted by Gasteiger charge is -2.14. The maximum atomic E-state index is 8.68. The van der Waals surface area contributed by atoms with E-state index in [0.717, 1.165) is 19.4 Å². The Bertz CT molecular complexity index is 286. The summed E-state index contributed by atoms with van der Waals surface area (Å²) in [5.74, 6) is 0. The molecular formula is C13H21NOS. The van der Waals surface area contributed by atoms with Gasteiger partial charge in [0.15, 0.2) is 0 Å². The number of hydrogen-bond acceptors (Lipinski definition) is 3. The van der Waals surface area contributed by atoms with Crippen LogP contribution in [0.1, 0.15) is 31.4 Å². The Morgan fingerprint density at radius 3 is 2.50 bits per heavy atom. The van der Waals surface area contributed by atoms with Gasteiger partial charge in [0, 0.05) is 17.5 Å². The van der Waals surface area contributed by atoms with Gasteiger partial charge in [-0.2, -0.15) is 0 Å². The van der Waals surface area contributed by atoms with Gasteiger partial charge in [-0.1, -0.05) is 12.1 Å². The number of nitrogens with one attached hydrogen (secondary N) is 1. The average molecular weight is 239 g/mol. The molecule has 2 nitrogen and oxygen atoms in total. The lowest BCUT2D eigenvalue weighted by atomic mass is 10.1. The Balaban J connectivity index is 2.37. The molecule has 0 saturated heterocycles. The molecule has 0 radical (unpaired) electrons. The van der Waals surface area contributed by atoms with Crippen molar-refractivity contribution in [2.24, 2.45) is 0 Å². The third-order valence-corrected chi connectivity index (χ3v) is 3.39. The van der Waals surface area contributed by atoms with Crippen LogP contribution in [0.15, 0.2) is 29.2 Å². The molecule has 3 heteroatoms. The van der Waals surface area contributed by atoms with Crippen molar-refractivity contribution in [3.05, 3.63) is 29.8 Å². The highest BCUT2D eigenvalue weighted by molar-refractivity contribution is 7.98. The van der Waals surface area contributed by atoms with Crippen molar-refractivity contribution >= 4 is 11.8 Å². The summed E-state index contributed by atoms with van der Waals surface area (Å²) < 4.78 is 0. The number of hydrogen-bond donors (Lipinski definition) is 2. The lowest BCUT2D eigenvalue weighted by molar-refractivity contribution is 0.283. The normalized spacial score (nSPS) is 12.7. The zero-order chi connectivity index (χ0) is 11.8. The van der Waals surface area contributed by atoms with E-state index in [1.165, 1.54) is 10.5 Å². The van der Waals surface area contributed by atoms with E-state index in [4.69, 9.17) is 5.11 Å². The summed E-state index contributed by atoms with van der Waals surface area (Å²) >= 11 is 1.77. The largest absolute Gasteiger partial charge is 0.396 e. The molecule has 1 aromatic carbocycles. The Morgan fingerprint density at radius 1 is 1.25 bits per heavy atom. The zero-order valence-electron chi connectivity index (χ0n) is 10.1. The fourth-order valence-corrected chi connectivity index (χ4v) is 1.97. The van der Waals surface area contributed by atoms with Crippen LogP contribution in [0.5, 0.6) is 0 Å². The molecule has 0 amide bonds. The summed E-state index contributed by atoms with van der Waals surface area (Å²) in [5.41, 5.74) is 1.32. The molecule has 1 aromatic rings. The van der Waals surface area contributed by atoms with E-state index in [9.17, 15) is 0 Å². The van der Waals surface area contributed by atoms with E-state index < -0.39 is 0 Å². The summed E-state index contributed by atoms with van der Waals surface area (Å²) in [6, 6.07) is 9.05. The molecule has 1 atom stereocenters. The standard InChI is InChI=1S/C13H21NOS/c1-11(14-9-3-4-10-15)12-5-7-13(16-2)8-6-12/h5-8,11,14-15H,3-4,9-10H2,1-2H3. The van der Waals surface area contributed by atoms with E-state index in [2.05, 4.69) is 42.8 Å². The number of thioether (sulfide) groups is 1. The smallest absolute Gasteiger partial charge is 0.0431 e. The van der Waals surface area contributed by atoms with Crippen LogP contribution < -0.4 is 5.32 Å². The van der Waals surface area contributed by atoms with E-state index in [1.807, 2.05) is 0 Å². The van der Waals surface area contributed by atoms with E-state index in [1.54, 1.807) is 11.8 Å². The van der Waals surface area contributed by atoms with Gasteiger partial charge in [0.05, 0.1) is 0 Å². The van der Waals surface area contributed by atoms with Gasteiger partial charge in [-0.15, -0.1) is 11.8 Å². The fourth-order valence-electron chi connectivity index (χ4n) is 1.57. The predicted molar refractivity (Wildman–Crippen MR) is 71.0 cm³/mol. The molecule has 90 valence electrons. The van der Waals surface area contributed by atoms with Crippen LogP contribution in [0.4, 0.5) is 0 Å². The van der Waals surface area contributed by atoms with Gasteiger partial charge in [-0.05, 0) is 50.3 Å². The highest BCUT2D eigenvalue weighted by Crippen LogP contribution is 2.18. The third-order valence-electron chi connectivity index (χ3n) is 2.65. The molecule has 0 aliphatic carbocycles. The molecule has 1 unspecified atom stereocenters. The van der Waals surface area contributed by atoms with Crippen molar-refractivity contribution in [3.63, 3.8) is 0 Å². The molecular weight excluding hydrogens is 218 g/mol. The van der Waals surface area contributed by atoms with Crippen LogP contribution in [0, 0.1) is 0 Å². The molecule has 16 heavy (non-hydrogen) atoms. The molecule has 0 aromatic heterocycles. The SMILES string of the molecule is CSc1ccc(C(C)NCCCCO)cc1. The zero-order valence-corrected chi connectivity index (χ0v) is 10.9. The van der Waals surface area contributed by atoms with Gasteiger partial charge >= 0.3 is 0 Å². The van der Waals surface area contributed by atoms with Gasteiger partial charge in [0.1, 0.15) is 0 Å². The number of benzene rings is 1. The van der Waals surface area contributed by atoms with Crippen LogP contribution in [0.25, 0.3) is 0 Å². The Kier molecular flexibility index (Phi) is 6.53. The number of aliphatic hydroxyl groups is 1. The minimum Gasteiger partial charge on any atom is -0.396 e. The third kappa shape index (κ3) is 4.56. The number of rotatable bonds is 7. The first kappa shape index (κ1) is 13.6. The summed E-state index contributed by atoms with van der Waals surface area (Å²) in [5, 5.41) is 12.1. The van der Waals surface area contributed by atoms with Gasteiger partial charge in [-0.25, -0.2) is 0 Å². The van der Waals surface area contributed by atoms with Crippen molar-refractivity contribution in [3.8, 4) is 0 Å². The fraction of sp³-hybridized carbons (Fsp3) is 0.538. The van der Waals surface area contributed by atoms with Crippen molar-refractivity contribution in [1.82, 2.24) is 5.32 Å². The molecule has 0 aliphatic rings. The second-order valence-electron chi connectivity index (χ2n) is 3.88. The quantitative estimate of drug-likeness (QED) is 0.567. The van der Waals surface area contributed by atoms with Crippen molar-refractivity contribution in [2.75, 3.05) is 19.4 Å². The first-order chi connectivity index (χ1) is 7.77. The first-order valence-corrected chi connectivity index (χ1v) is 6.98. The van der Waals surface area contributed by atoms with Crippen LogP contribution >= 0.6 is 11.8 Å². The average Bonchev–Trinajstić information content (AvgIpc) is 2.34. The van der Waals surface area contributed by atoms with Gasteiger partial charge in [0.25, 0.3) is 0 Å². The van der Waals surface area contributed by atoms with Gasteiger partial charge < -0.3 is 10.4 Å². The van der Waals surface area contributed by atoms with Crippen molar-refractivity contribution in [2.45, 2.75) is 30.7 Å². The van der Waals surface area contributed by atoms with E-state index in [0.29, 0.717) is 12.6 Å². The summed E-state index contributed by atoms with van der Waals surface area (Å²) in [6.07, 6.45) is 4.00. The molecule has 0 heterocycles. The second kappa shape index (κ2) is 7.71. The van der Waals surface area contributed by atoms with Crippen LogP contribution in [-0.2, 0) is 0 Å². The van der Waals surface area contributed by atoms with Gasteiger partial charge in [0.2, 0.25) is 0 Å². The van der Waals surface area contributed by atoms with Crippen LogP contribution in [0.3, 0.4) is 0 Å². The maximum Gasteiger partial charge on any atom is 0.0431 e. The topological polar surface area (TPSA) is 32.3 Å². The first-order valence-electron chi connectivity index (χ1n) is 5.76. The van der Waals surface area contributed by atoms with Crippen LogP contribution in [-0.4, -0.2) is 24.5 Å². The Labute approximate surface area is 102 Å². The van der Waals surface area contributed by atoms with Crippen molar-refractivity contribution < 1.29 is 5.11 Å². The highest BCUT2D eigenvalue weighted by Gasteiger charge is 2.03. The van der Waals surface area contributed by atoms with E-state index >= 15 is 0 Å². The lowest BCUT2D eigenvalue weighted by Crippen LogP contribution is -2.19. The Hall–Kier alpha value is -0.510. The minimum absolute atomic E-state index is 0.290. The molecule has 2 N–H and O–H groups in total. The predicted octanol–water partition coefficient (Wildman–Crippen LogP) is 2.83. The maximum absolute atomic E-state index is 8.68. The van der Waals surface area contributed by atoms with Gasteiger partial charge in [-0.3, -0.25) is 0 Å². The monoisotopic (exact) mass is 239 g/mol. The van der Waals surface area contributed by atoms with Crippen molar-refractivity contribution in [1.29, 1.82) is 0 Å².